The summed E-state index contributed by atoms with van der Waals surface area (Å²) < 4.78 is 0. The maximum Gasteiger partial charge on any atom is 0.445 e. The highest BCUT2D eigenvalue weighted by Gasteiger charge is 2.38. The Morgan fingerprint density at radius 3 is 2.50 bits per heavy atom. The van der Waals surface area contributed by atoms with E-state index in [0.717, 1.165) is 6.54 Å². The molecule has 0 atom stereocenters. The first-order valence-corrected chi connectivity index (χ1v) is 5.37. The van der Waals surface area contributed by atoms with Crippen molar-refractivity contribution in [2.24, 2.45) is 0 Å². The number of hydroxylamine groups is 2. The number of hydrogen-bond acceptors (Lipinski definition) is 5. The lowest BCUT2D eigenvalue weighted by molar-refractivity contribution is -0.195. The Kier molecular flexibility index (Phi) is 5.15. The van der Waals surface area contributed by atoms with Gasteiger partial charge in [0.1, 0.15) is 12.6 Å². The van der Waals surface area contributed by atoms with E-state index in [9.17, 15) is 14.4 Å². The van der Waals surface area contributed by atoms with Crippen LogP contribution in [0.3, 0.4) is 0 Å². The second-order valence-electron chi connectivity index (χ2n) is 4.08. The van der Waals surface area contributed by atoms with Crippen LogP contribution in [-0.4, -0.2) is 47.9 Å². The molecule has 2 heterocycles. The van der Waals surface area contributed by atoms with E-state index in [-0.39, 0.29) is 36.8 Å². The molecule has 1 saturated heterocycles. The first kappa shape index (κ1) is 15.0. The van der Waals surface area contributed by atoms with E-state index in [2.05, 4.69) is 0 Å². The third kappa shape index (κ3) is 3.22. The number of nitrogens with zero attached hydrogens (tertiary/aromatic N) is 2. The van der Waals surface area contributed by atoms with Gasteiger partial charge in [-0.25, -0.2) is 4.79 Å². The highest BCUT2D eigenvalue weighted by Crippen LogP contribution is 2.17. The van der Waals surface area contributed by atoms with Gasteiger partial charge in [-0.15, -0.1) is 5.06 Å². The zero-order chi connectivity index (χ0) is 12.4. The van der Waals surface area contributed by atoms with Crippen LogP contribution >= 0.6 is 0 Å². The summed E-state index contributed by atoms with van der Waals surface area (Å²) in [5, 5.41) is 0.567. The first-order valence-electron chi connectivity index (χ1n) is 5.37. The van der Waals surface area contributed by atoms with Gasteiger partial charge in [-0.3, -0.25) is 14.5 Å². The Balaban J connectivity index is 0.00000162. The molecule has 2 aliphatic heterocycles. The summed E-state index contributed by atoms with van der Waals surface area (Å²) in [4.78, 5) is 40.9. The predicted molar refractivity (Wildman–Crippen MR) is 57.1 cm³/mol. The van der Waals surface area contributed by atoms with E-state index in [0.29, 0.717) is 17.5 Å². The largest absolute Gasteiger partial charge is 1.00 e. The fourth-order valence-electron chi connectivity index (χ4n) is 1.71. The average molecular weight is 364 g/mol. The summed E-state index contributed by atoms with van der Waals surface area (Å²) in [7, 11) is 1.86. The molecule has 0 aromatic rings. The van der Waals surface area contributed by atoms with Crippen LogP contribution in [0.1, 0.15) is 12.8 Å². The topological polar surface area (TPSA) is 66.9 Å². The summed E-state index contributed by atoms with van der Waals surface area (Å²) in [5.41, 5.74) is 0. The van der Waals surface area contributed by atoms with Crippen molar-refractivity contribution in [3.05, 3.63) is 18.1 Å². The molecule has 1 fully saturated rings. The van der Waals surface area contributed by atoms with Gasteiger partial charge < -0.3 is 28.8 Å². The molecule has 18 heavy (non-hydrogen) atoms. The zero-order valence-electron chi connectivity index (χ0n) is 9.89. The number of imide groups is 1. The van der Waals surface area contributed by atoms with Gasteiger partial charge in [-0.05, 0) is 7.05 Å². The lowest BCUT2D eigenvalue weighted by atomic mass is 10.1. The molecule has 0 spiro atoms. The Morgan fingerprint density at radius 1 is 1.33 bits per heavy atom. The molecular formula is C11H13IN2O4. The maximum absolute atomic E-state index is 11.7. The molecule has 0 aromatic carbocycles. The summed E-state index contributed by atoms with van der Waals surface area (Å²) in [5.74, 6) is -1.13. The summed E-state index contributed by atoms with van der Waals surface area (Å²) in [6.45, 7) is 1.21. The molecule has 0 aromatic heterocycles. The Labute approximate surface area is 122 Å². The van der Waals surface area contributed by atoms with Crippen molar-refractivity contribution in [1.29, 1.82) is 0 Å². The molecule has 0 radical (unpaired) electrons. The van der Waals surface area contributed by atoms with E-state index < -0.39 is 17.8 Å². The smallest absolute Gasteiger partial charge is 0.445 e. The van der Waals surface area contributed by atoms with Crippen LogP contribution in [0, 0.1) is 5.92 Å². The number of halogens is 1. The van der Waals surface area contributed by atoms with Crippen LogP contribution < -0.4 is 24.0 Å². The molecule has 0 saturated carbocycles. The number of likely N-dealkylation sites (N-methyl/N-ethyl adjacent to an activating group) is 1. The van der Waals surface area contributed by atoms with Gasteiger partial charge in [0, 0.05) is 12.8 Å². The molecule has 2 rings (SSSR count). The van der Waals surface area contributed by atoms with Crippen LogP contribution in [0.25, 0.3) is 0 Å². The maximum atomic E-state index is 11.7. The van der Waals surface area contributed by atoms with E-state index in [4.69, 9.17) is 4.84 Å². The van der Waals surface area contributed by atoms with Gasteiger partial charge >= 0.3 is 5.97 Å². The van der Waals surface area contributed by atoms with Crippen molar-refractivity contribution in [2.75, 3.05) is 20.1 Å². The molecule has 2 amide bonds. The second-order valence-corrected chi connectivity index (χ2v) is 4.08. The fourth-order valence-corrected chi connectivity index (χ4v) is 1.71. The van der Waals surface area contributed by atoms with Crippen molar-refractivity contribution in [1.82, 2.24) is 9.96 Å². The lowest BCUT2D eigenvalue weighted by Gasteiger charge is -2.18. The van der Waals surface area contributed by atoms with E-state index in [1.54, 1.807) is 6.08 Å². The highest BCUT2D eigenvalue weighted by molar-refractivity contribution is 6.02. The third-order valence-electron chi connectivity index (χ3n) is 2.62. The molecule has 6 nitrogen and oxygen atoms in total. The number of carbonyl (C=O) groups excluding carboxylic acids is 3. The van der Waals surface area contributed by atoms with Crippen LogP contribution in [0.4, 0.5) is 0 Å². The van der Waals surface area contributed by atoms with Gasteiger partial charge in [0.05, 0.1) is 12.6 Å². The quantitative estimate of drug-likeness (QED) is 0.292. The molecule has 0 aliphatic carbocycles. The number of rotatable bonds is 2. The monoisotopic (exact) mass is 364 g/mol. The number of carbonyl (C=O) groups is 3. The van der Waals surface area contributed by atoms with Gasteiger partial charge in [0.2, 0.25) is 0 Å². The standard InChI is InChI=1S/C11H13N2O4.HI/c1-12-6-2-3-8(7-12)11(16)17-13-9(14)4-5-10(13)15;/h2-3H,4-7H2,1H3;1H/q+1;/p-1. The SMILES string of the molecule is CN1CC=C[C+](C(=O)ON2C(=O)CCC2=O)C1.[I-]. The Hall–Kier alpha value is -1.09. The fraction of sp³-hybridized carbons (Fsp3) is 0.455. The second kappa shape index (κ2) is 6.19. The van der Waals surface area contributed by atoms with Gasteiger partial charge in [-0.1, -0.05) is 0 Å². The van der Waals surface area contributed by atoms with Crippen molar-refractivity contribution < 1.29 is 43.2 Å². The van der Waals surface area contributed by atoms with Gasteiger partial charge in [-0.2, -0.15) is 0 Å². The zero-order valence-corrected chi connectivity index (χ0v) is 12.0. The Bertz CT molecular complexity index is 381. The van der Waals surface area contributed by atoms with Crippen LogP contribution in [0.2, 0.25) is 0 Å². The minimum atomic E-state index is -0.642. The number of amides is 2. The van der Waals surface area contributed by atoms with Crippen LogP contribution in [0.5, 0.6) is 0 Å². The normalized spacial score (nSPS) is 20.1. The van der Waals surface area contributed by atoms with Crippen LogP contribution in [-0.2, 0) is 19.2 Å². The van der Waals surface area contributed by atoms with E-state index in [1.165, 1.54) is 0 Å². The summed E-state index contributed by atoms with van der Waals surface area (Å²) in [6.07, 6.45) is 3.70. The predicted octanol–water partition coefficient (Wildman–Crippen LogP) is -3.33. The molecule has 0 bridgehead atoms. The molecule has 0 N–H and O–H groups in total. The lowest BCUT2D eigenvalue weighted by Crippen LogP contribution is -3.00. The van der Waals surface area contributed by atoms with Gasteiger partial charge in [0.25, 0.3) is 11.8 Å². The van der Waals surface area contributed by atoms with E-state index >= 15 is 0 Å². The van der Waals surface area contributed by atoms with Crippen LogP contribution in [0.15, 0.2) is 12.2 Å². The van der Waals surface area contributed by atoms with Crippen molar-refractivity contribution >= 4 is 17.8 Å². The molecular weight excluding hydrogens is 351 g/mol. The highest BCUT2D eigenvalue weighted by atomic mass is 127. The van der Waals surface area contributed by atoms with Gasteiger partial charge in [0.15, 0.2) is 5.92 Å². The third-order valence-corrected chi connectivity index (χ3v) is 2.62. The van der Waals surface area contributed by atoms with E-state index in [1.807, 2.05) is 18.0 Å². The molecule has 98 valence electrons. The minimum absolute atomic E-state index is 0. The summed E-state index contributed by atoms with van der Waals surface area (Å²) >= 11 is 0. The molecule has 7 heteroatoms. The Morgan fingerprint density at radius 2 is 1.94 bits per heavy atom. The minimum Gasteiger partial charge on any atom is -1.00 e. The molecule has 2 aliphatic rings. The first-order chi connectivity index (χ1) is 8.08. The average Bonchev–Trinajstić information content (AvgIpc) is 2.61. The summed E-state index contributed by atoms with van der Waals surface area (Å²) in [6, 6.07) is 0. The van der Waals surface area contributed by atoms with Crippen molar-refractivity contribution in [3.63, 3.8) is 0 Å². The van der Waals surface area contributed by atoms with Crippen molar-refractivity contribution in [2.45, 2.75) is 12.8 Å². The van der Waals surface area contributed by atoms with Crippen molar-refractivity contribution in [3.8, 4) is 0 Å². The molecule has 0 unspecified atom stereocenters. The number of hydrogen-bond donors (Lipinski definition) is 0.